The number of hydrogen-bond acceptors (Lipinski definition) is 2. The van der Waals surface area contributed by atoms with Crippen molar-refractivity contribution in [2.24, 2.45) is 0 Å². The van der Waals surface area contributed by atoms with E-state index in [9.17, 15) is 14.5 Å². The Morgan fingerprint density at radius 2 is 2.21 bits per heavy atom. The Kier molecular flexibility index (Phi) is 2.15. The summed E-state index contributed by atoms with van der Waals surface area (Å²) in [6, 6.07) is 4.44. The van der Waals surface area contributed by atoms with E-state index in [2.05, 4.69) is 0 Å². The molecule has 0 aliphatic heterocycles. The number of halogens is 2. The fourth-order valence-corrected chi connectivity index (χ4v) is 1.60. The fraction of sp³-hybridized carbons (Fsp3) is 0.333. The molecule has 0 amide bonds. The van der Waals surface area contributed by atoms with Gasteiger partial charge in [0.2, 0.25) is 0 Å². The lowest BCUT2D eigenvalue weighted by Gasteiger charge is -1.99. The maximum absolute atomic E-state index is 12.7. The third-order valence-electron chi connectivity index (χ3n) is 2.31. The van der Waals surface area contributed by atoms with Crippen molar-refractivity contribution in [1.82, 2.24) is 0 Å². The van der Waals surface area contributed by atoms with Gasteiger partial charge in [0.1, 0.15) is 11.2 Å². The molecule has 1 fully saturated rings. The van der Waals surface area contributed by atoms with Gasteiger partial charge in [0, 0.05) is 12.0 Å². The van der Waals surface area contributed by atoms with Gasteiger partial charge in [0.05, 0.1) is 4.92 Å². The lowest BCUT2D eigenvalue weighted by molar-refractivity contribution is -0.384. The third kappa shape index (κ3) is 1.57. The molecule has 0 saturated heterocycles. The van der Waals surface area contributed by atoms with Gasteiger partial charge in [0.15, 0.2) is 0 Å². The molecule has 2 rings (SSSR count). The maximum Gasteiger partial charge on any atom is 0.288 e. The Bertz CT molecular complexity index is 396. The summed E-state index contributed by atoms with van der Waals surface area (Å²) >= 11 is 5.62. The van der Waals surface area contributed by atoms with E-state index in [-0.39, 0.29) is 16.6 Å². The normalized spacial score (nSPS) is 24.7. The lowest BCUT2D eigenvalue weighted by Crippen LogP contribution is -1.91. The van der Waals surface area contributed by atoms with E-state index in [1.165, 1.54) is 12.1 Å². The minimum absolute atomic E-state index is 0.0924. The van der Waals surface area contributed by atoms with E-state index in [1.807, 2.05) is 0 Å². The third-order valence-corrected chi connectivity index (χ3v) is 2.63. The number of nitrogens with zero attached hydrogens (tertiary/aromatic N) is 1. The van der Waals surface area contributed by atoms with Crippen LogP contribution >= 0.6 is 11.6 Å². The molecular weight excluding hydrogens is 209 g/mol. The SMILES string of the molecule is O=[N+]([O-])c1cc(C2CC2F)ccc1Cl. The first-order valence-electron chi connectivity index (χ1n) is 4.17. The second-order valence-electron chi connectivity index (χ2n) is 3.33. The predicted molar refractivity (Wildman–Crippen MR) is 50.4 cm³/mol. The monoisotopic (exact) mass is 215 g/mol. The Labute approximate surface area is 84.6 Å². The highest BCUT2D eigenvalue weighted by Crippen LogP contribution is 2.44. The molecule has 0 heterocycles. The summed E-state index contributed by atoms with van der Waals surface area (Å²) in [4.78, 5) is 9.97. The van der Waals surface area contributed by atoms with E-state index < -0.39 is 11.1 Å². The number of alkyl halides is 1. The first kappa shape index (κ1) is 9.40. The molecule has 1 saturated carbocycles. The van der Waals surface area contributed by atoms with Gasteiger partial charge in [-0.2, -0.15) is 0 Å². The summed E-state index contributed by atoms with van der Waals surface area (Å²) < 4.78 is 12.7. The van der Waals surface area contributed by atoms with E-state index in [0.717, 1.165) is 0 Å². The molecule has 5 heteroatoms. The van der Waals surface area contributed by atoms with Crippen LogP contribution < -0.4 is 0 Å². The number of nitro benzene ring substituents is 1. The van der Waals surface area contributed by atoms with Crippen molar-refractivity contribution in [3.05, 3.63) is 38.9 Å². The molecule has 14 heavy (non-hydrogen) atoms. The molecular formula is C9H7ClFNO2. The van der Waals surface area contributed by atoms with E-state index in [0.29, 0.717) is 12.0 Å². The Balaban J connectivity index is 2.36. The van der Waals surface area contributed by atoms with Crippen LogP contribution in [0.2, 0.25) is 5.02 Å². The van der Waals surface area contributed by atoms with E-state index in [1.54, 1.807) is 6.07 Å². The molecule has 1 aromatic carbocycles. The highest BCUT2D eigenvalue weighted by atomic mass is 35.5. The van der Waals surface area contributed by atoms with Crippen LogP contribution in [-0.2, 0) is 0 Å². The van der Waals surface area contributed by atoms with Gasteiger partial charge in [-0.05, 0) is 18.1 Å². The minimum atomic E-state index is -0.851. The van der Waals surface area contributed by atoms with Crippen LogP contribution in [0.15, 0.2) is 18.2 Å². The van der Waals surface area contributed by atoms with Crippen molar-refractivity contribution in [1.29, 1.82) is 0 Å². The van der Waals surface area contributed by atoms with Crippen LogP contribution in [0.25, 0.3) is 0 Å². The van der Waals surface area contributed by atoms with E-state index in [4.69, 9.17) is 11.6 Å². The Morgan fingerprint density at radius 3 is 2.71 bits per heavy atom. The van der Waals surface area contributed by atoms with Crippen molar-refractivity contribution >= 4 is 17.3 Å². The second kappa shape index (κ2) is 3.20. The van der Waals surface area contributed by atoms with Gasteiger partial charge in [0.25, 0.3) is 5.69 Å². The average molecular weight is 216 g/mol. The zero-order valence-corrected chi connectivity index (χ0v) is 7.87. The smallest absolute Gasteiger partial charge is 0.258 e. The van der Waals surface area contributed by atoms with Gasteiger partial charge in [-0.25, -0.2) is 4.39 Å². The summed E-state index contributed by atoms with van der Waals surface area (Å²) in [7, 11) is 0. The van der Waals surface area contributed by atoms with Crippen molar-refractivity contribution in [3.8, 4) is 0 Å². The molecule has 2 atom stereocenters. The summed E-state index contributed by atoms with van der Waals surface area (Å²) in [6.07, 6.45) is -0.394. The fourth-order valence-electron chi connectivity index (χ4n) is 1.41. The quantitative estimate of drug-likeness (QED) is 0.562. The highest BCUT2D eigenvalue weighted by molar-refractivity contribution is 6.32. The topological polar surface area (TPSA) is 43.1 Å². The highest BCUT2D eigenvalue weighted by Gasteiger charge is 2.39. The predicted octanol–water partition coefficient (Wildman–Crippen LogP) is 3.07. The maximum atomic E-state index is 12.7. The van der Waals surface area contributed by atoms with Crippen LogP contribution in [0.5, 0.6) is 0 Å². The van der Waals surface area contributed by atoms with Crippen LogP contribution in [0, 0.1) is 10.1 Å². The first-order valence-corrected chi connectivity index (χ1v) is 4.55. The van der Waals surface area contributed by atoms with Gasteiger partial charge in [-0.15, -0.1) is 0 Å². The molecule has 0 bridgehead atoms. The van der Waals surface area contributed by atoms with Crippen LogP contribution in [0.4, 0.5) is 10.1 Å². The zero-order valence-electron chi connectivity index (χ0n) is 7.11. The van der Waals surface area contributed by atoms with Gasteiger partial charge in [-0.3, -0.25) is 10.1 Å². The first-order chi connectivity index (χ1) is 6.59. The minimum Gasteiger partial charge on any atom is -0.258 e. The summed E-state index contributed by atoms with van der Waals surface area (Å²) in [5.41, 5.74) is 0.511. The van der Waals surface area contributed by atoms with Crippen molar-refractivity contribution < 1.29 is 9.31 Å². The molecule has 1 aliphatic rings. The van der Waals surface area contributed by atoms with Crippen LogP contribution in [-0.4, -0.2) is 11.1 Å². The van der Waals surface area contributed by atoms with E-state index >= 15 is 0 Å². The molecule has 0 N–H and O–H groups in total. The van der Waals surface area contributed by atoms with Crippen molar-refractivity contribution in [3.63, 3.8) is 0 Å². The van der Waals surface area contributed by atoms with Crippen molar-refractivity contribution in [2.75, 3.05) is 0 Å². The van der Waals surface area contributed by atoms with Crippen LogP contribution in [0.1, 0.15) is 17.9 Å². The number of benzene rings is 1. The molecule has 1 aliphatic carbocycles. The summed E-state index contributed by atoms with van der Waals surface area (Å²) in [5.74, 6) is -0.175. The molecule has 0 aromatic heterocycles. The standard InChI is InChI=1S/C9H7ClFNO2/c10-7-2-1-5(6-4-8(6)11)3-9(7)12(13)14/h1-3,6,8H,4H2. The van der Waals surface area contributed by atoms with Gasteiger partial charge < -0.3 is 0 Å². The molecule has 74 valence electrons. The van der Waals surface area contributed by atoms with Gasteiger partial charge >= 0.3 is 0 Å². The second-order valence-corrected chi connectivity index (χ2v) is 3.73. The summed E-state index contributed by atoms with van der Waals surface area (Å²) in [6.45, 7) is 0. The van der Waals surface area contributed by atoms with Gasteiger partial charge in [-0.1, -0.05) is 17.7 Å². The number of hydrogen-bond donors (Lipinski definition) is 0. The largest absolute Gasteiger partial charge is 0.288 e. The molecule has 3 nitrogen and oxygen atoms in total. The molecule has 0 spiro atoms. The molecule has 0 radical (unpaired) electrons. The molecule has 2 unspecified atom stereocenters. The Morgan fingerprint density at radius 1 is 1.57 bits per heavy atom. The molecule has 1 aromatic rings. The van der Waals surface area contributed by atoms with Crippen molar-refractivity contribution in [2.45, 2.75) is 18.5 Å². The lowest BCUT2D eigenvalue weighted by atomic mass is 10.1. The number of nitro groups is 1. The average Bonchev–Trinajstić information content (AvgIpc) is 2.83. The Hall–Kier alpha value is -1.16. The van der Waals surface area contributed by atoms with Crippen LogP contribution in [0.3, 0.4) is 0 Å². The summed E-state index contributed by atoms with van der Waals surface area (Å²) in [5, 5.41) is 10.6. The zero-order chi connectivity index (χ0) is 10.3. The number of rotatable bonds is 2.